The van der Waals surface area contributed by atoms with Crippen LogP contribution in [0, 0.1) is 0 Å². The Bertz CT molecular complexity index is 635. The van der Waals surface area contributed by atoms with Crippen molar-refractivity contribution in [2.75, 3.05) is 18.5 Å². The summed E-state index contributed by atoms with van der Waals surface area (Å²) in [5.74, 6) is 1.82. The summed E-state index contributed by atoms with van der Waals surface area (Å²) >= 11 is 1.46. The lowest BCUT2D eigenvalue weighted by atomic mass is 10.3. The Hall–Kier alpha value is -2.08. The molecule has 22 heavy (non-hydrogen) atoms. The second kappa shape index (κ2) is 6.79. The van der Waals surface area contributed by atoms with Gasteiger partial charge in [0.2, 0.25) is 0 Å². The Balaban J connectivity index is 1.46. The summed E-state index contributed by atoms with van der Waals surface area (Å²) in [6.07, 6.45) is 2.41. The van der Waals surface area contributed by atoms with E-state index in [1.807, 2.05) is 24.4 Å². The molecule has 116 valence electrons. The highest BCUT2D eigenvalue weighted by atomic mass is 32.1. The van der Waals surface area contributed by atoms with E-state index >= 15 is 0 Å². The molecule has 1 aromatic heterocycles. The van der Waals surface area contributed by atoms with E-state index in [9.17, 15) is 4.79 Å². The zero-order valence-electron chi connectivity index (χ0n) is 12.4. The molecule has 2 aromatic rings. The Morgan fingerprint density at radius 3 is 2.59 bits per heavy atom. The molecule has 1 heterocycles. The molecule has 1 N–H and O–H groups in total. The molecular weight excluding hydrogens is 300 g/mol. The van der Waals surface area contributed by atoms with E-state index in [-0.39, 0.29) is 12.5 Å². The Kier molecular flexibility index (Phi) is 4.58. The maximum Gasteiger partial charge on any atom is 0.264 e. The van der Waals surface area contributed by atoms with E-state index < -0.39 is 0 Å². The van der Waals surface area contributed by atoms with Crippen molar-refractivity contribution in [1.29, 1.82) is 0 Å². The van der Waals surface area contributed by atoms with Gasteiger partial charge in [-0.3, -0.25) is 10.1 Å². The zero-order valence-corrected chi connectivity index (χ0v) is 13.2. The topological polar surface area (TPSA) is 60.5 Å². The van der Waals surface area contributed by atoms with Gasteiger partial charge in [0, 0.05) is 11.3 Å². The van der Waals surface area contributed by atoms with Crippen LogP contribution in [0.3, 0.4) is 0 Å². The predicted octanol–water partition coefficient (Wildman–Crippen LogP) is 3.44. The van der Waals surface area contributed by atoms with Gasteiger partial charge in [0.05, 0.1) is 12.3 Å². The molecule has 0 bridgehead atoms. The van der Waals surface area contributed by atoms with E-state index in [0.29, 0.717) is 23.4 Å². The number of anilines is 1. The van der Waals surface area contributed by atoms with Gasteiger partial charge in [-0.1, -0.05) is 0 Å². The number of nitrogens with one attached hydrogen (secondary N) is 1. The molecular formula is C16H18N2O3S. The summed E-state index contributed by atoms with van der Waals surface area (Å²) in [4.78, 5) is 16.3. The first-order valence-electron chi connectivity index (χ1n) is 7.35. The van der Waals surface area contributed by atoms with Crippen molar-refractivity contribution in [3.05, 3.63) is 35.3 Å². The predicted molar refractivity (Wildman–Crippen MR) is 85.8 cm³/mol. The molecule has 3 rings (SSSR count). The van der Waals surface area contributed by atoms with Crippen molar-refractivity contribution in [3.63, 3.8) is 0 Å². The number of aromatic nitrogens is 1. The summed E-state index contributed by atoms with van der Waals surface area (Å²) in [5.41, 5.74) is 1.09. The van der Waals surface area contributed by atoms with Gasteiger partial charge in [0.1, 0.15) is 11.5 Å². The lowest BCUT2D eigenvalue weighted by molar-refractivity contribution is -0.118. The average molecular weight is 318 g/mol. The average Bonchev–Trinajstić information content (AvgIpc) is 3.27. The highest BCUT2D eigenvalue weighted by Crippen LogP contribution is 2.40. The van der Waals surface area contributed by atoms with E-state index in [4.69, 9.17) is 9.47 Å². The third-order valence-corrected chi connectivity index (χ3v) is 4.04. The molecule has 0 radical (unpaired) electrons. The fourth-order valence-corrected chi connectivity index (χ4v) is 2.82. The minimum Gasteiger partial charge on any atom is -0.494 e. The van der Waals surface area contributed by atoms with E-state index in [0.717, 1.165) is 11.4 Å². The van der Waals surface area contributed by atoms with Gasteiger partial charge in [-0.25, -0.2) is 4.98 Å². The monoisotopic (exact) mass is 318 g/mol. The molecule has 5 nitrogen and oxygen atoms in total. The van der Waals surface area contributed by atoms with Gasteiger partial charge >= 0.3 is 0 Å². The van der Waals surface area contributed by atoms with E-state index in [1.54, 1.807) is 12.1 Å². The SMILES string of the molecule is CCOc1ccc(OCC(=O)Nc2nc(C3CC3)cs2)cc1. The minimum atomic E-state index is -0.203. The maximum atomic E-state index is 11.9. The highest BCUT2D eigenvalue weighted by Gasteiger charge is 2.26. The Labute approximate surface area is 133 Å². The van der Waals surface area contributed by atoms with Crippen LogP contribution in [-0.4, -0.2) is 24.1 Å². The lowest BCUT2D eigenvalue weighted by Crippen LogP contribution is -2.20. The van der Waals surface area contributed by atoms with Crippen molar-refractivity contribution in [1.82, 2.24) is 4.98 Å². The number of carbonyl (C=O) groups excluding carboxylic acids is 1. The third kappa shape index (κ3) is 3.98. The number of amides is 1. The van der Waals surface area contributed by atoms with Crippen LogP contribution in [0.25, 0.3) is 0 Å². The molecule has 0 atom stereocenters. The molecule has 1 fully saturated rings. The lowest BCUT2D eigenvalue weighted by Gasteiger charge is -2.07. The highest BCUT2D eigenvalue weighted by molar-refractivity contribution is 7.13. The van der Waals surface area contributed by atoms with Gasteiger partial charge in [-0.2, -0.15) is 0 Å². The van der Waals surface area contributed by atoms with Gasteiger partial charge in [-0.05, 0) is 44.0 Å². The van der Waals surface area contributed by atoms with Crippen LogP contribution in [0.2, 0.25) is 0 Å². The van der Waals surface area contributed by atoms with Gasteiger partial charge < -0.3 is 9.47 Å². The first-order valence-corrected chi connectivity index (χ1v) is 8.23. The van der Waals surface area contributed by atoms with Gasteiger partial charge in [-0.15, -0.1) is 11.3 Å². The van der Waals surface area contributed by atoms with Crippen LogP contribution in [0.4, 0.5) is 5.13 Å². The molecule has 1 aliphatic rings. The molecule has 1 aliphatic carbocycles. The van der Waals surface area contributed by atoms with Crippen molar-refractivity contribution < 1.29 is 14.3 Å². The number of nitrogens with zero attached hydrogens (tertiary/aromatic N) is 1. The molecule has 1 amide bonds. The van der Waals surface area contributed by atoms with Crippen LogP contribution in [0.15, 0.2) is 29.6 Å². The van der Waals surface area contributed by atoms with Crippen LogP contribution in [-0.2, 0) is 4.79 Å². The maximum absolute atomic E-state index is 11.9. The number of rotatable bonds is 7. The standard InChI is InChI=1S/C16H18N2O3S/c1-2-20-12-5-7-13(8-6-12)21-9-15(19)18-16-17-14(10-22-16)11-3-4-11/h5-8,10-11H,2-4,9H2,1H3,(H,17,18,19). The molecule has 1 aromatic carbocycles. The van der Waals surface area contributed by atoms with Crippen molar-refractivity contribution >= 4 is 22.4 Å². The summed E-state index contributed by atoms with van der Waals surface area (Å²) in [7, 11) is 0. The first kappa shape index (κ1) is 14.8. The summed E-state index contributed by atoms with van der Waals surface area (Å²) in [6.45, 7) is 2.52. The second-order valence-electron chi connectivity index (χ2n) is 5.09. The molecule has 1 saturated carbocycles. The van der Waals surface area contributed by atoms with Crippen LogP contribution < -0.4 is 14.8 Å². The fourth-order valence-electron chi connectivity index (χ4n) is 2.01. The molecule has 0 saturated heterocycles. The number of hydrogen-bond donors (Lipinski definition) is 1. The summed E-state index contributed by atoms with van der Waals surface area (Å²) < 4.78 is 10.8. The summed E-state index contributed by atoms with van der Waals surface area (Å²) in [6, 6.07) is 7.21. The van der Waals surface area contributed by atoms with E-state index in [1.165, 1.54) is 24.2 Å². The quantitative estimate of drug-likeness (QED) is 0.849. The minimum absolute atomic E-state index is 0.0354. The van der Waals surface area contributed by atoms with Crippen LogP contribution in [0.5, 0.6) is 11.5 Å². The summed E-state index contributed by atoms with van der Waals surface area (Å²) in [5, 5.41) is 5.42. The smallest absolute Gasteiger partial charge is 0.264 e. The first-order chi connectivity index (χ1) is 10.7. The fraction of sp³-hybridized carbons (Fsp3) is 0.375. The molecule has 0 unspecified atom stereocenters. The van der Waals surface area contributed by atoms with Crippen molar-refractivity contribution in [2.45, 2.75) is 25.7 Å². The number of ether oxygens (including phenoxy) is 2. The molecule has 6 heteroatoms. The van der Waals surface area contributed by atoms with Crippen LogP contribution in [0.1, 0.15) is 31.4 Å². The van der Waals surface area contributed by atoms with Crippen molar-refractivity contribution in [3.8, 4) is 11.5 Å². The number of carbonyl (C=O) groups is 1. The molecule has 0 aliphatic heterocycles. The number of benzene rings is 1. The number of hydrogen-bond acceptors (Lipinski definition) is 5. The zero-order chi connectivity index (χ0) is 15.4. The van der Waals surface area contributed by atoms with Gasteiger partial charge in [0.15, 0.2) is 11.7 Å². The number of thiazole rings is 1. The second-order valence-corrected chi connectivity index (χ2v) is 5.95. The Morgan fingerprint density at radius 1 is 1.27 bits per heavy atom. The largest absolute Gasteiger partial charge is 0.494 e. The van der Waals surface area contributed by atoms with Crippen molar-refractivity contribution in [2.24, 2.45) is 0 Å². The molecule has 0 spiro atoms. The normalized spacial score (nSPS) is 13.7. The Morgan fingerprint density at radius 2 is 1.95 bits per heavy atom. The third-order valence-electron chi connectivity index (χ3n) is 3.27. The van der Waals surface area contributed by atoms with E-state index in [2.05, 4.69) is 10.3 Å². The van der Waals surface area contributed by atoms with Crippen LogP contribution >= 0.6 is 11.3 Å². The van der Waals surface area contributed by atoms with Gasteiger partial charge in [0.25, 0.3) is 5.91 Å².